The van der Waals surface area contributed by atoms with Gasteiger partial charge in [-0.1, -0.05) is 6.07 Å². The zero-order valence-corrected chi connectivity index (χ0v) is 13.9. The van der Waals surface area contributed by atoms with Crippen molar-refractivity contribution in [2.24, 2.45) is 0 Å². The van der Waals surface area contributed by atoms with Crippen LogP contribution in [0.4, 0.5) is 13.6 Å². The number of benzene rings is 1. The second kappa shape index (κ2) is 6.64. The molecule has 2 saturated heterocycles. The second-order valence-corrected chi connectivity index (χ2v) is 6.48. The maximum atomic E-state index is 13.3. The zero-order valence-electron chi connectivity index (χ0n) is 13.9. The Bertz CT molecular complexity index is 618. The third kappa shape index (κ3) is 3.52. The Balaban J connectivity index is 1.55. The van der Waals surface area contributed by atoms with Gasteiger partial charge in [-0.05, 0) is 31.5 Å². The van der Waals surface area contributed by atoms with Crippen molar-refractivity contribution in [1.82, 2.24) is 10.2 Å². The third-order valence-electron chi connectivity index (χ3n) is 4.59. The van der Waals surface area contributed by atoms with E-state index in [0.717, 1.165) is 12.1 Å². The molecule has 0 aliphatic carbocycles. The van der Waals surface area contributed by atoms with Gasteiger partial charge in [0.05, 0.1) is 18.8 Å². The lowest BCUT2D eigenvalue weighted by molar-refractivity contribution is -0.189. The summed E-state index contributed by atoms with van der Waals surface area (Å²) in [5.41, 5.74) is 0.520. The van der Waals surface area contributed by atoms with Crippen LogP contribution in [-0.2, 0) is 9.47 Å². The van der Waals surface area contributed by atoms with Gasteiger partial charge in [-0.25, -0.2) is 13.6 Å². The van der Waals surface area contributed by atoms with E-state index < -0.39 is 23.5 Å². The summed E-state index contributed by atoms with van der Waals surface area (Å²) < 4.78 is 37.9. The van der Waals surface area contributed by atoms with E-state index in [9.17, 15) is 13.6 Å². The van der Waals surface area contributed by atoms with Crippen LogP contribution in [0.25, 0.3) is 0 Å². The van der Waals surface area contributed by atoms with Crippen molar-refractivity contribution in [1.29, 1.82) is 0 Å². The average Bonchev–Trinajstić information content (AvgIpc) is 2.91. The molecule has 0 aromatic heterocycles. The molecule has 132 valence electrons. The van der Waals surface area contributed by atoms with Crippen molar-refractivity contribution >= 4 is 6.03 Å². The fourth-order valence-electron chi connectivity index (χ4n) is 3.16. The van der Waals surface area contributed by atoms with Gasteiger partial charge in [0.15, 0.2) is 17.4 Å². The van der Waals surface area contributed by atoms with Crippen molar-refractivity contribution in [3.63, 3.8) is 0 Å². The maximum Gasteiger partial charge on any atom is 0.317 e. The number of carbonyl (C=O) groups excluding carboxylic acids is 1. The molecule has 0 bridgehead atoms. The molecule has 3 rings (SSSR count). The number of amides is 2. The fraction of sp³-hybridized carbons (Fsp3) is 0.588. The van der Waals surface area contributed by atoms with Crippen molar-refractivity contribution < 1.29 is 23.0 Å². The molecule has 2 aliphatic heterocycles. The SMILES string of the molecule is CC1COC2(CCN(C(=O)NC(C)c3ccc(F)c(F)c3)CC2)O1. The Morgan fingerprint density at radius 2 is 2.04 bits per heavy atom. The first-order chi connectivity index (χ1) is 11.4. The smallest absolute Gasteiger partial charge is 0.317 e. The van der Waals surface area contributed by atoms with Crippen LogP contribution < -0.4 is 5.32 Å². The van der Waals surface area contributed by atoms with Crippen LogP contribution in [0.15, 0.2) is 18.2 Å². The van der Waals surface area contributed by atoms with Crippen LogP contribution >= 0.6 is 0 Å². The van der Waals surface area contributed by atoms with E-state index in [2.05, 4.69) is 5.32 Å². The van der Waals surface area contributed by atoms with Gasteiger partial charge in [0, 0.05) is 25.9 Å². The number of rotatable bonds is 2. The molecule has 0 radical (unpaired) electrons. The minimum atomic E-state index is -0.918. The van der Waals surface area contributed by atoms with Crippen molar-refractivity contribution in [2.45, 2.75) is 44.6 Å². The monoisotopic (exact) mass is 340 g/mol. The first-order valence-electron chi connectivity index (χ1n) is 8.21. The van der Waals surface area contributed by atoms with Crippen molar-refractivity contribution in [3.05, 3.63) is 35.4 Å². The molecule has 5 nitrogen and oxygen atoms in total. The Morgan fingerprint density at radius 1 is 1.33 bits per heavy atom. The summed E-state index contributed by atoms with van der Waals surface area (Å²) >= 11 is 0. The minimum absolute atomic E-state index is 0.0822. The lowest BCUT2D eigenvalue weighted by Crippen LogP contribution is -2.50. The molecule has 1 spiro atoms. The topological polar surface area (TPSA) is 50.8 Å². The maximum absolute atomic E-state index is 13.3. The number of carbonyl (C=O) groups is 1. The number of piperidine rings is 1. The van der Waals surface area contributed by atoms with Gasteiger partial charge >= 0.3 is 6.03 Å². The lowest BCUT2D eigenvalue weighted by atomic mass is 10.0. The molecule has 2 amide bonds. The Morgan fingerprint density at radius 3 is 2.62 bits per heavy atom. The number of halogens is 2. The Kier molecular flexibility index (Phi) is 4.73. The van der Waals surface area contributed by atoms with Gasteiger partial charge in [-0.3, -0.25) is 0 Å². The highest BCUT2D eigenvalue weighted by atomic mass is 19.2. The van der Waals surface area contributed by atoms with E-state index in [1.807, 2.05) is 6.92 Å². The molecule has 2 unspecified atom stereocenters. The standard InChI is InChI=1S/C17H22F2N2O3/c1-11-10-23-17(24-11)5-7-21(8-6-17)16(22)20-12(2)13-3-4-14(18)15(19)9-13/h3-4,9,11-12H,5-8,10H2,1-2H3,(H,20,22). The number of ether oxygens (including phenoxy) is 2. The number of likely N-dealkylation sites (tertiary alicyclic amines) is 1. The highest BCUT2D eigenvalue weighted by Crippen LogP contribution is 2.34. The van der Waals surface area contributed by atoms with Gasteiger partial charge in [0.1, 0.15) is 0 Å². The highest BCUT2D eigenvalue weighted by Gasteiger charge is 2.43. The summed E-state index contributed by atoms with van der Waals surface area (Å²) in [6, 6.07) is 2.99. The number of hydrogen-bond acceptors (Lipinski definition) is 3. The molecule has 1 N–H and O–H groups in total. The first kappa shape index (κ1) is 17.1. The van der Waals surface area contributed by atoms with E-state index in [1.165, 1.54) is 6.07 Å². The fourth-order valence-corrected chi connectivity index (χ4v) is 3.16. The average molecular weight is 340 g/mol. The van der Waals surface area contributed by atoms with Gasteiger partial charge in [-0.15, -0.1) is 0 Å². The molecule has 2 heterocycles. The molecule has 2 atom stereocenters. The van der Waals surface area contributed by atoms with Crippen molar-refractivity contribution in [3.8, 4) is 0 Å². The van der Waals surface area contributed by atoms with Crippen LogP contribution in [0.5, 0.6) is 0 Å². The molecule has 24 heavy (non-hydrogen) atoms. The van der Waals surface area contributed by atoms with E-state index >= 15 is 0 Å². The number of nitrogens with zero attached hydrogens (tertiary/aromatic N) is 1. The Hall–Kier alpha value is -1.73. The zero-order chi connectivity index (χ0) is 17.3. The summed E-state index contributed by atoms with van der Waals surface area (Å²) in [5.74, 6) is -2.37. The van der Waals surface area contributed by atoms with Crippen LogP contribution in [0.2, 0.25) is 0 Å². The Labute approximate surface area is 139 Å². The van der Waals surface area contributed by atoms with Gasteiger partial charge in [0.25, 0.3) is 0 Å². The molecule has 0 saturated carbocycles. The predicted molar refractivity (Wildman–Crippen MR) is 83.3 cm³/mol. The quantitative estimate of drug-likeness (QED) is 0.900. The third-order valence-corrected chi connectivity index (χ3v) is 4.59. The van der Waals surface area contributed by atoms with Crippen LogP contribution in [0.1, 0.15) is 38.3 Å². The molecular weight excluding hydrogens is 318 g/mol. The molecule has 1 aromatic carbocycles. The summed E-state index contributed by atoms with van der Waals surface area (Å²) in [6.07, 6.45) is 1.34. The van der Waals surface area contributed by atoms with E-state index in [4.69, 9.17) is 9.47 Å². The van der Waals surface area contributed by atoms with E-state index in [1.54, 1.807) is 11.8 Å². The summed E-state index contributed by atoms with van der Waals surface area (Å²) in [7, 11) is 0. The molecule has 2 fully saturated rings. The second-order valence-electron chi connectivity index (χ2n) is 6.48. The predicted octanol–water partition coefficient (Wildman–Crippen LogP) is 2.96. The molecular formula is C17H22F2N2O3. The number of urea groups is 1. The summed E-state index contributed by atoms with van der Waals surface area (Å²) in [5, 5.41) is 2.82. The summed E-state index contributed by atoms with van der Waals surface area (Å²) in [6.45, 7) is 5.35. The van der Waals surface area contributed by atoms with Crippen LogP contribution in [-0.4, -0.2) is 42.5 Å². The van der Waals surface area contributed by atoms with Crippen LogP contribution in [0.3, 0.4) is 0 Å². The normalized spacial score (nSPS) is 24.2. The summed E-state index contributed by atoms with van der Waals surface area (Å²) in [4.78, 5) is 14.1. The van der Waals surface area contributed by atoms with E-state index in [-0.39, 0.29) is 12.1 Å². The molecule has 7 heteroatoms. The van der Waals surface area contributed by atoms with Gasteiger partial charge in [-0.2, -0.15) is 0 Å². The van der Waals surface area contributed by atoms with Gasteiger partial charge in [0.2, 0.25) is 0 Å². The molecule has 2 aliphatic rings. The number of nitrogens with one attached hydrogen (secondary N) is 1. The van der Waals surface area contributed by atoms with Crippen molar-refractivity contribution in [2.75, 3.05) is 19.7 Å². The largest absolute Gasteiger partial charge is 0.347 e. The molecule has 1 aromatic rings. The van der Waals surface area contributed by atoms with Gasteiger partial charge < -0.3 is 19.7 Å². The number of hydrogen-bond donors (Lipinski definition) is 1. The highest BCUT2D eigenvalue weighted by molar-refractivity contribution is 5.74. The minimum Gasteiger partial charge on any atom is -0.347 e. The lowest BCUT2D eigenvalue weighted by Gasteiger charge is -2.38. The van der Waals surface area contributed by atoms with E-state index in [0.29, 0.717) is 38.1 Å². The first-order valence-corrected chi connectivity index (χ1v) is 8.21. The van der Waals surface area contributed by atoms with Crippen LogP contribution in [0, 0.1) is 11.6 Å².